The molecule has 0 spiro atoms. The maximum absolute atomic E-state index is 4.17. The molecule has 0 saturated carbocycles. The molecule has 0 fully saturated rings. The van der Waals surface area contributed by atoms with Crippen LogP contribution in [0.5, 0.6) is 0 Å². The van der Waals surface area contributed by atoms with Crippen molar-refractivity contribution in [2.24, 2.45) is 5.92 Å². The van der Waals surface area contributed by atoms with Crippen LogP contribution in [0.2, 0.25) is 0 Å². The first-order chi connectivity index (χ1) is 7.74. The predicted molar refractivity (Wildman–Crippen MR) is 66.1 cm³/mol. The Morgan fingerprint density at radius 2 is 2.19 bits per heavy atom. The van der Waals surface area contributed by atoms with Crippen LogP contribution >= 0.6 is 0 Å². The van der Waals surface area contributed by atoms with Crippen LogP contribution in [0.1, 0.15) is 58.2 Å². The predicted octanol–water partition coefficient (Wildman–Crippen LogP) is 2.67. The molecule has 0 amide bonds. The molecule has 0 aromatic carbocycles. The first-order valence-electron chi connectivity index (χ1n) is 6.33. The molecule has 0 radical (unpaired) electrons. The maximum Gasteiger partial charge on any atom is 0.0993 e. The molecule has 0 bridgehead atoms. The lowest BCUT2D eigenvalue weighted by molar-refractivity contribution is 0.440. The van der Waals surface area contributed by atoms with E-state index in [1.54, 1.807) is 0 Å². The van der Waals surface area contributed by atoms with Crippen molar-refractivity contribution in [3.63, 3.8) is 0 Å². The van der Waals surface area contributed by atoms with Crippen LogP contribution in [0.3, 0.4) is 0 Å². The number of nitrogens with zero attached hydrogens (tertiary/aromatic N) is 2. The van der Waals surface area contributed by atoms with Gasteiger partial charge in [-0.15, -0.1) is 0 Å². The van der Waals surface area contributed by atoms with E-state index >= 15 is 0 Å². The molecular formula is C12H24N4. The minimum atomic E-state index is 0.359. The van der Waals surface area contributed by atoms with Crippen LogP contribution in [0.25, 0.3) is 0 Å². The summed E-state index contributed by atoms with van der Waals surface area (Å²) in [5.74, 6) is 0.782. The highest BCUT2D eigenvalue weighted by molar-refractivity contribution is 4.99. The fourth-order valence-corrected chi connectivity index (χ4v) is 1.78. The van der Waals surface area contributed by atoms with Gasteiger partial charge in [-0.2, -0.15) is 15.4 Å². The van der Waals surface area contributed by atoms with Gasteiger partial charge in [-0.3, -0.25) is 0 Å². The highest BCUT2D eigenvalue weighted by Gasteiger charge is 2.12. The molecule has 1 unspecified atom stereocenters. The molecule has 92 valence electrons. The largest absolute Gasteiger partial charge is 0.309 e. The summed E-state index contributed by atoms with van der Waals surface area (Å²) in [5.41, 5.74) is 1.04. The summed E-state index contributed by atoms with van der Waals surface area (Å²) < 4.78 is 0. The van der Waals surface area contributed by atoms with Gasteiger partial charge in [0.15, 0.2) is 0 Å². The molecule has 1 aromatic heterocycles. The van der Waals surface area contributed by atoms with Crippen molar-refractivity contribution >= 4 is 0 Å². The van der Waals surface area contributed by atoms with Crippen molar-refractivity contribution in [1.82, 2.24) is 20.7 Å². The van der Waals surface area contributed by atoms with Gasteiger partial charge < -0.3 is 5.32 Å². The molecule has 1 heterocycles. The van der Waals surface area contributed by atoms with Gasteiger partial charge >= 0.3 is 0 Å². The van der Waals surface area contributed by atoms with Crippen molar-refractivity contribution in [1.29, 1.82) is 0 Å². The Hall–Kier alpha value is -0.900. The molecule has 4 nitrogen and oxygen atoms in total. The van der Waals surface area contributed by atoms with E-state index in [9.17, 15) is 0 Å². The minimum absolute atomic E-state index is 0.359. The Labute approximate surface area is 98.2 Å². The average molecular weight is 224 g/mol. The fourth-order valence-electron chi connectivity index (χ4n) is 1.78. The Kier molecular flexibility index (Phi) is 6.08. The van der Waals surface area contributed by atoms with E-state index in [2.05, 4.69) is 41.5 Å². The zero-order valence-electron chi connectivity index (χ0n) is 10.7. The highest BCUT2D eigenvalue weighted by atomic mass is 15.3. The average Bonchev–Trinajstić information content (AvgIpc) is 2.75. The Bertz CT molecular complexity index is 256. The van der Waals surface area contributed by atoms with Crippen molar-refractivity contribution < 1.29 is 0 Å². The van der Waals surface area contributed by atoms with Gasteiger partial charge in [-0.05, 0) is 25.3 Å². The third-order valence-electron chi connectivity index (χ3n) is 2.71. The third kappa shape index (κ3) is 4.75. The number of hydrogen-bond donors (Lipinski definition) is 2. The smallest absolute Gasteiger partial charge is 0.0993 e. The van der Waals surface area contributed by atoms with E-state index < -0.39 is 0 Å². The highest BCUT2D eigenvalue weighted by Crippen LogP contribution is 2.18. The zero-order valence-corrected chi connectivity index (χ0v) is 10.7. The number of H-pyrrole nitrogens is 1. The third-order valence-corrected chi connectivity index (χ3v) is 2.71. The summed E-state index contributed by atoms with van der Waals surface area (Å²) in [6.45, 7) is 7.76. The van der Waals surface area contributed by atoms with Gasteiger partial charge in [-0.1, -0.05) is 33.6 Å². The van der Waals surface area contributed by atoms with E-state index in [1.807, 2.05) is 6.20 Å². The standard InChI is InChI=1S/C12H24N4/c1-4-8-13-11(7-5-6-10(2)3)12-9-14-16-15-12/h9-11,13H,4-8H2,1-3H3,(H,14,15,16). The number of aromatic nitrogens is 3. The molecule has 16 heavy (non-hydrogen) atoms. The molecule has 4 heteroatoms. The van der Waals surface area contributed by atoms with Crippen molar-refractivity contribution in [2.45, 2.75) is 52.5 Å². The Morgan fingerprint density at radius 3 is 2.75 bits per heavy atom. The second-order valence-corrected chi connectivity index (χ2v) is 4.73. The quantitative estimate of drug-likeness (QED) is 0.714. The summed E-state index contributed by atoms with van der Waals surface area (Å²) in [7, 11) is 0. The molecule has 2 N–H and O–H groups in total. The van der Waals surface area contributed by atoms with E-state index in [0.717, 1.165) is 31.0 Å². The number of nitrogens with one attached hydrogen (secondary N) is 2. The summed E-state index contributed by atoms with van der Waals surface area (Å²) >= 11 is 0. The summed E-state index contributed by atoms with van der Waals surface area (Å²) in [6, 6.07) is 0.359. The lowest BCUT2D eigenvalue weighted by atomic mass is 10.0. The zero-order chi connectivity index (χ0) is 11.8. The number of rotatable bonds is 8. The molecule has 0 aliphatic carbocycles. The molecule has 0 saturated heterocycles. The lowest BCUT2D eigenvalue weighted by Crippen LogP contribution is -2.22. The van der Waals surface area contributed by atoms with E-state index in [1.165, 1.54) is 12.8 Å². The topological polar surface area (TPSA) is 53.6 Å². The second-order valence-electron chi connectivity index (χ2n) is 4.73. The minimum Gasteiger partial charge on any atom is -0.309 e. The SMILES string of the molecule is CCCNC(CCCC(C)C)c1cn[nH]n1. The van der Waals surface area contributed by atoms with Crippen LogP contribution in [-0.4, -0.2) is 22.0 Å². The first-order valence-corrected chi connectivity index (χ1v) is 6.33. The van der Waals surface area contributed by atoms with Gasteiger partial charge in [0.25, 0.3) is 0 Å². The van der Waals surface area contributed by atoms with Gasteiger partial charge in [0.2, 0.25) is 0 Å². The second kappa shape index (κ2) is 7.39. The molecule has 0 aliphatic rings. The van der Waals surface area contributed by atoms with Gasteiger partial charge in [0, 0.05) is 0 Å². The first kappa shape index (κ1) is 13.2. The van der Waals surface area contributed by atoms with Crippen LogP contribution in [0, 0.1) is 5.92 Å². The van der Waals surface area contributed by atoms with Gasteiger partial charge in [0.05, 0.1) is 17.9 Å². The number of aromatic amines is 1. The summed E-state index contributed by atoms with van der Waals surface area (Å²) in [6.07, 6.45) is 6.64. The van der Waals surface area contributed by atoms with E-state index in [4.69, 9.17) is 0 Å². The van der Waals surface area contributed by atoms with Crippen LogP contribution in [-0.2, 0) is 0 Å². The molecule has 1 rings (SSSR count). The summed E-state index contributed by atoms with van der Waals surface area (Å²) in [5, 5.41) is 14.3. The van der Waals surface area contributed by atoms with E-state index in [-0.39, 0.29) is 0 Å². The van der Waals surface area contributed by atoms with Crippen LogP contribution in [0.15, 0.2) is 6.20 Å². The maximum atomic E-state index is 4.17. The lowest BCUT2D eigenvalue weighted by Gasteiger charge is -2.16. The molecule has 1 atom stereocenters. The van der Waals surface area contributed by atoms with Crippen molar-refractivity contribution in [2.75, 3.05) is 6.54 Å². The van der Waals surface area contributed by atoms with Gasteiger partial charge in [-0.25, -0.2) is 0 Å². The van der Waals surface area contributed by atoms with E-state index in [0.29, 0.717) is 6.04 Å². The Morgan fingerprint density at radius 1 is 1.38 bits per heavy atom. The van der Waals surface area contributed by atoms with Crippen LogP contribution < -0.4 is 5.32 Å². The normalized spacial score (nSPS) is 13.2. The van der Waals surface area contributed by atoms with Gasteiger partial charge in [0.1, 0.15) is 0 Å². The van der Waals surface area contributed by atoms with Crippen molar-refractivity contribution in [3.05, 3.63) is 11.9 Å². The molecule has 0 aliphatic heterocycles. The monoisotopic (exact) mass is 224 g/mol. The molecule has 1 aromatic rings. The summed E-state index contributed by atoms with van der Waals surface area (Å²) in [4.78, 5) is 0. The van der Waals surface area contributed by atoms with Crippen LogP contribution in [0.4, 0.5) is 0 Å². The Balaban J connectivity index is 2.38. The number of hydrogen-bond acceptors (Lipinski definition) is 3. The molecular weight excluding hydrogens is 200 g/mol. The van der Waals surface area contributed by atoms with Crippen molar-refractivity contribution in [3.8, 4) is 0 Å². The fraction of sp³-hybridized carbons (Fsp3) is 0.833.